The first-order valence-electron chi connectivity index (χ1n) is 6.26. The second-order valence-corrected chi connectivity index (χ2v) is 4.32. The van der Waals surface area contributed by atoms with E-state index in [1.54, 1.807) is 6.20 Å². The Morgan fingerprint density at radius 2 is 2.11 bits per heavy atom. The number of benzene rings is 1. The Labute approximate surface area is 112 Å². The number of aromatic nitrogens is 2. The number of rotatable bonds is 5. The van der Waals surface area contributed by atoms with Crippen molar-refractivity contribution in [3.8, 4) is 17.0 Å². The van der Waals surface area contributed by atoms with Crippen LogP contribution < -0.4 is 4.74 Å². The lowest BCUT2D eigenvalue weighted by Crippen LogP contribution is -1.99. The van der Waals surface area contributed by atoms with Gasteiger partial charge in [-0.15, -0.1) is 0 Å². The summed E-state index contributed by atoms with van der Waals surface area (Å²) < 4.78 is 17.9. The number of nitrogens with zero attached hydrogens (tertiary/aromatic N) is 1. The number of H-pyrrole nitrogens is 1. The molecule has 0 radical (unpaired) electrons. The van der Waals surface area contributed by atoms with E-state index in [0.29, 0.717) is 18.3 Å². The van der Waals surface area contributed by atoms with Gasteiger partial charge in [0.1, 0.15) is 18.2 Å². The molecule has 4 heteroatoms. The first-order chi connectivity index (χ1) is 9.22. The van der Waals surface area contributed by atoms with E-state index in [1.807, 2.05) is 38.1 Å². The zero-order valence-electron chi connectivity index (χ0n) is 11.1. The normalized spacial score (nSPS) is 11.6. The van der Waals surface area contributed by atoms with Crippen LogP contribution in [-0.2, 0) is 0 Å². The SMILES string of the molecule is CCC(=CF)COc1ccc(-c2cnc(C)[nH]2)cc1. The van der Waals surface area contributed by atoms with Crippen molar-refractivity contribution in [3.05, 3.63) is 48.2 Å². The van der Waals surface area contributed by atoms with E-state index in [2.05, 4.69) is 9.97 Å². The lowest BCUT2D eigenvalue weighted by molar-refractivity contribution is 0.345. The summed E-state index contributed by atoms with van der Waals surface area (Å²) in [6.45, 7) is 4.10. The van der Waals surface area contributed by atoms with Gasteiger partial charge in [0, 0.05) is 0 Å². The van der Waals surface area contributed by atoms with Crippen molar-refractivity contribution in [1.82, 2.24) is 9.97 Å². The van der Waals surface area contributed by atoms with E-state index in [4.69, 9.17) is 4.74 Å². The van der Waals surface area contributed by atoms with Gasteiger partial charge >= 0.3 is 0 Å². The summed E-state index contributed by atoms with van der Waals surface area (Å²) in [4.78, 5) is 7.33. The topological polar surface area (TPSA) is 37.9 Å². The summed E-state index contributed by atoms with van der Waals surface area (Å²) in [6.07, 6.45) is 3.07. The molecule has 0 fully saturated rings. The van der Waals surface area contributed by atoms with Gasteiger partial charge in [0.2, 0.25) is 0 Å². The van der Waals surface area contributed by atoms with Crippen LogP contribution in [0.4, 0.5) is 4.39 Å². The minimum absolute atomic E-state index is 0.287. The molecule has 3 nitrogen and oxygen atoms in total. The highest BCUT2D eigenvalue weighted by Gasteiger charge is 2.02. The fraction of sp³-hybridized carbons (Fsp3) is 0.267. The summed E-state index contributed by atoms with van der Waals surface area (Å²) in [5, 5.41) is 0. The molecule has 0 amide bonds. The van der Waals surface area contributed by atoms with E-state index >= 15 is 0 Å². The third-order valence-electron chi connectivity index (χ3n) is 2.90. The lowest BCUT2D eigenvalue weighted by Gasteiger charge is -2.07. The van der Waals surface area contributed by atoms with Gasteiger partial charge in [-0.2, -0.15) is 0 Å². The van der Waals surface area contributed by atoms with Crippen LogP contribution in [0.2, 0.25) is 0 Å². The van der Waals surface area contributed by atoms with Crippen LogP contribution in [0.15, 0.2) is 42.4 Å². The Morgan fingerprint density at radius 1 is 1.37 bits per heavy atom. The van der Waals surface area contributed by atoms with Crippen molar-refractivity contribution in [3.63, 3.8) is 0 Å². The van der Waals surface area contributed by atoms with E-state index in [1.165, 1.54) is 0 Å². The fourth-order valence-corrected chi connectivity index (χ4v) is 1.68. The molecule has 0 aliphatic rings. The second-order valence-electron chi connectivity index (χ2n) is 4.32. The highest BCUT2D eigenvalue weighted by molar-refractivity contribution is 5.59. The third-order valence-corrected chi connectivity index (χ3v) is 2.90. The molecule has 0 aliphatic heterocycles. The average molecular weight is 260 g/mol. The zero-order chi connectivity index (χ0) is 13.7. The standard InChI is InChI=1S/C15H17FN2O/c1-3-12(8-16)10-19-14-6-4-13(5-7-14)15-9-17-11(2)18-15/h4-9H,3,10H2,1-2H3,(H,17,18). The third kappa shape index (κ3) is 3.44. The van der Waals surface area contributed by atoms with Crippen molar-refractivity contribution < 1.29 is 9.13 Å². The number of aromatic amines is 1. The number of nitrogens with one attached hydrogen (secondary N) is 1. The molecule has 0 bridgehead atoms. The summed E-state index contributed by atoms with van der Waals surface area (Å²) >= 11 is 0. The van der Waals surface area contributed by atoms with Crippen LogP contribution in [0.1, 0.15) is 19.2 Å². The number of hydrogen-bond donors (Lipinski definition) is 1. The van der Waals surface area contributed by atoms with Crippen molar-refractivity contribution in [2.45, 2.75) is 20.3 Å². The van der Waals surface area contributed by atoms with E-state index in [0.717, 1.165) is 22.8 Å². The van der Waals surface area contributed by atoms with Crippen molar-refractivity contribution in [1.29, 1.82) is 0 Å². The number of imidazole rings is 1. The van der Waals surface area contributed by atoms with Gasteiger partial charge in [-0.25, -0.2) is 9.37 Å². The molecule has 0 atom stereocenters. The maximum Gasteiger partial charge on any atom is 0.119 e. The highest BCUT2D eigenvalue weighted by atomic mass is 19.1. The second kappa shape index (κ2) is 6.18. The predicted molar refractivity (Wildman–Crippen MR) is 73.7 cm³/mol. The molecule has 0 spiro atoms. The summed E-state index contributed by atoms with van der Waals surface area (Å²) in [5.74, 6) is 1.61. The van der Waals surface area contributed by atoms with Crippen LogP contribution in [0, 0.1) is 6.92 Å². The maximum atomic E-state index is 12.4. The van der Waals surface area contributed by atoms with Crippen LogP contribution in [0.5, 0.6) is 5.75 Å². The number of hydrogen-bond acceptors (Lipinski definition) is 2. The van der Waals surface area contributed by atoms with Gasteiger partial charge in [0.15, 0.2) is 0 Å². The van der Waals surface area contributed by atoms with Gasteiger partial charge in [-0.05, 0) is 48.7 Å². The Balaban J connectivity index is 2.02. The molecule has 2 aromatic rings. The summed E-state index contributed by atoms with van der Waals surface area (Å²) in [5.41, 5.74) is 2.67. The van der Waals surface area contributed by atoms with Gasteiger partial charge in [-0.1, -0.05) is 6.92 Å². The maximum absolute atomic E-state index is 12.4. The van der Waals surface area contributed by atoms with Gasteiger partial charge in [-0.3, -0.25) is 0 Å². The molecular formula is C15H17FN2O. The van der Waals surface area contributed by atoms with Crippen LogP contribution >= 0.6 is 0 Å². The fourth-order valence-electron chi connectivity index (χ4n) is 1.68. The molecular weight excluding hydrogens is 243 g/mol. The highest BCUT2D eigenvalue weighted by Crippen LogP contribution is 2.21. The molecule has 0 saturated carbocycles. The Hall–Kier alpha value is -2.10. The summed E-state index contributed by atoms with van der Waals surface area (Å²) in [6, 6.07) is 7.65. The quantitative estimate of drug-likeness (QED) is 0.881. The monoisotopic (exact) mass is 260 g/mol. The van der Waals surface area contributed by atoms with E-state index < -0.39 is 0 Å². The zero-order valence-corrected chi connectivity index (χ0v) is 11.1. The number of aryl methyl sites for hydroxylation is 1. The van der Waals surface area contributed by atoms with E-state index in [-0.39, 0.29) is 6.61 Å². The molecule has 2 rings (SSSR count). The smallest absolute Gasteiger partial charge is 0.119 e. The minimum Gasteiger partial charge on any atom is -0.489 e. The minimum atomic E-state index is 0.287. The number of ether oxygens (including phenoxy) is 1. The van der Waals surface area contributed by atoms with Crippen molar-refractivity contribution in [2.24, 2.45) is 0 Å². The molecule has 1 aromatic carbocycles. The van der Waals surface area contributed by atoms with Gasteiger partial charge in [0.25, 0.3) is 0 Å². The van der Waals surface area contributed by atoms with Crippen LogP contribution in [0.3, 0.4) is 0 Å². The molecule has 1 heterocycles. The number of halogens is 1. The molecule has 1 N–H and O–H groups in total. The van der Waals surface area contributed by atoms with Gasteiger partial charge in [0.05, 0.1) is 18.2 Å². The molecule has 19 heavy (non-hydrogen) atoms. The van der Waals surface area contributed by atoms with Gasteiger partial charge < -0.3 is 9.72 Å². The lowest BCUT2D eigenvalue weighted by atomic mass is 10.1. The van der Waals surface area contributed by atoms with E-state index in [9.17, 15) is 4.39 Å². The first-order valence-corrected chi connectivity index (χ1v) is 6.26. The first kappa shape index (κ1) is 13.3. The van der Waals surface area contributed by atoms with Crippen LogP contribution in [-0.4, -0.2) is 16.6 Å². The summed E-state index contributed by atoms with van der Waals surface area (Å²) in [7, 11) is 0. The largest absolute Gasteiger partial charge is 0.489 e. The van der Waals surface area contributed by atoms with Crippen molar-refractivity contribution in [2.75, 3.05) is 6.61 Å². The predicted octanol–water partition coefficient (Wildman–Crippen LogP) is 4.03. The molecule has 0 unspecified atom stereocenters. The Kier molecular flexibility index (Phi) is 4.34. The molecule has 1 aromatic heterocycles. The molecule has 100 valence electrons. The Morgan fingerprint density at radius 3 is 2.63 bits per heavy atom. The average Bonchev–Trinajstić information content (AvgIpc) is 2.87. The molecule has 0 aliphatic carbocycles. The van der Waals surface area contributed by atoms with Crippen molar-refractivity contribution >= 4 is 0 Å². The Bertz CT molecular complexity index is 558. The molecule has 0 saturated heterocycles. The van der Waals surface area contributed by atoms with Crippen LogP contribution in [0.25, 0.3) is 11.3 Å².